The van der Waals surface area contributed by atoms with Gasteiger partial charge in [0.1, 0.15) is 5.15 Å². The highest BCUT2D eigenvalue weighted by Gasteiger charge is 2.42. The van der Waals surface area contributed by atoms with Crippen LogP contribution in [0.15, 0.2) is 36.8 Å². The van der Waals surface area contributed by atoms with E-state index in [0.29, 0.717) is 22.0 Å². The fraction of sp³-hybridized carbons (Fsp3) is 0.214. The standard InChI is InChI=1S/C14H10Cl2N4/c15-8-1-2-12(18-7-8)10-5-9(10)11-6-13(16)19-20-4-3-17-14(11)20/h1-4,6-7,9-10H,5H2/t9?,10-/m0/s1. The summed E-state index contributed by atoms with van der Waals surface area (Å²) in [6.45, 7) is 0. The molecule has 0 bridgehead atoms. The summed E-state index contributed by atoms with van der Waals surface area (Å²) in [4.78, 5) is 8.76. The van der Waals surface area contributed by atoms with E-state index in [2.05, 4.69) is 15.1 Å². The summed E-state index contributed by atoms with van der Waals surface area (Å²) in [5.41, 5.74) is 3.07. The predicted octanol–water partition coefficient (Wildman–Crippen LogP) is 3.70. The minimum atomic E-state index is 0.397. The molecule has 0 N–H and O–H groups in total. The molecule has 0 aromatic carbocycles. The average molecular weight is 305 g/mol. The topological polar surface area (TPSA) is 43.1 Å². The van der Waals surface area contributed by atoms with Crippen LogP contribution in [-0.2, 0) is 0 Å². The zero-order valence-corrected chi connectivity index (χ0v) is 11.9. The zero-order valence-electron chi connectivity index (χ0n) is 10.4. The van der Waals surface area contributed by atoms with Gasteiger partial charge in [-0.1, -0.05) is 23.2 Å². The molecule has 3 heterocycles. The van der Waals surface area contributed by atoms with Crippen LogP contribution >= 0.6 is 23.2 Å². The van der Waals surface area contributed by atoms with Crippen molar-refractivity contribution in [3.05, 3.63) is 58.2 Å². The van der Waals surface area contributed by atoms with Crippen LogP contribution in [0.1, 0.15) is 29.5 Å². The maximum Gasteiger partial charge on any atom is 0.157 e. The van der Waals surface area contributed by atoms with Crippen molar-refractivity contribution in [2.45, 2.75) is 18.3 Å². The maximum absolute atomic E-state index is 6.07. The molecule has 0 spiro atoms. The number of fused-ring (bicyclic) bond motifs is 1. The van der Waals surface area contributed by atoms with E-state index in [1.807, 2.05) is 24.4 Å². The summed E-state index contributed by atoms with van der Waals surface area (Å²) >= 11 is 11.9. The largest absolute Gasteiger partial charge is 0.259 e. The second-order valence-corrected chi connectivity index (χ2v) is 5.79. The molecule has 0 aliphatic heterocycles. The van der Waals surface area contributed by atoms with Crippen LogP contribution in [0.25, 0.3) is 5.65 Å². The van der Waals surface area contributed by atoms with Gasteiger partial charge >= 0.3 is 0 Å². The number of halogens is 2. The van der Waals surface area contributed by atoms with E-state index in [1.54, 1.807) is 16.9 Å². The minimum absolute atomic E-state index is 0.397. The van der Waals surface area contributed by atoms with Gasteiger partial charge in [-0.3, -0.25) is 4.98 Å². The molecule has 0 amide bonds. The van der Waals surface area contributed by atoms with Crippen molar-refractivity contribution >= 4 is 28.8 Å². The third-order valence-electron chi connectivity index (χ3n) is 3.68. The Bertz CT molecular complexity index is 781. The normalized spacial score (nSPS) is 21.3. The predicted molar refractivity (Wildman–Crippen MR) is 77.3 cm³/mol. The Balaban J connectivity index is 1.72. The van der Waals surface area contributed by atoms with Gasteiger partial charge in [-0.2, -0.15) is 5.10 Å². The molecule has 2 atom stereocenters. The Labute approximate surface area is 125 Å². The van der Waals surface area contributed by atoms with Crippen molar-refractivity contribution in [3.63, 3.8) is 0 Å². The molecule has 20 heavy (non-hydrogen) atoms. The summed E-state index contributed by atoms with van der Waals surface area (Å²) in [6, 6.07) is 5.77. The number of nitrogens with zero attached hydrogens (tertiary/aromatic N) is 4. The van der Waals surface area contributed by atoms with Crippen LogP contribution in [-0.4, -0.2) is 19.6 Å². The molecule has 1 aliphatic rings. The van der Waals surface area contributed by atoms with Crippen LogP contribution < -0.4 is 0 Å². The first-order valence-corrected chi connectivity index (χ1v) is 7.09. The summed E-state index contributed by atoms with van der Waals surface area (Å²) in [7, 11) is 0. The first-order valence-electron chi connectivity index (χ1n) is 6.33. The Morgan fingerprint density at radius 3 is 2.85 bits per heavy atom. The van der Waals surface area contributed by atoms with E-state index in [9.17, 15) is 0 Å². The Morgan fingerprint density at radius 1 is 1.15 bits per heavy atom. The third-order valence-corrected chi connectivity index (χ3v) is 4.09. The van der Waals surface area contributed by atoms with E-state index in [1.165, 1.54) is 0 Å². The highest BCUT2D eigenvalue weighted by molar-refractivity contribution is 6.30. The monoisotopic (exact) mass is 304 g/mol. The first-order chi connectivity index (χ1) is 9.72. The second kappa shape index (κ2) is 4.43. The molecule has 4 nitrogen and oxygen atoms in total. The van der Waals surface area contributed by atoms with Crippen molar-refractivity contribution in [2.75, 3.05) is 0 Å². The number of aromatic nitrogens is 4. The van der Waals surface area contributed by atoms with Crippen molar-refractivity contribution in [3.8, 4) is 0 Å². The SMILES string of the molecule is Clc1ccc([C@H]2CC2c2cc(Cl)nn3ccnc23)nc1. The second-order valence-electron chi connectivity index (χ2n) is 4.97. The Morgan fingerprint density at radius 2 is 2.05 bits per heavy atom. The highest BCUT2D eigenvalue weighted by Crippen LogP contribution is 2.55. The maximum atomic E-state index is 6.07. The summed E-state index contributed by atoms with van der Waals surface area (Å²) in [5.74, 6) is 0.806. The van der Waals surface area contributed by atoms with Crippen LogP contribution in [0.4, 0.5) is 0 Å². The lowest BCUT2D eigenvalue weighted by molar-refractivity contribution is 0.899. The number of hydrogen-bond acceptors (Lipinski definition) is 3. The van der Waals surface area contributed by atoms with Gasteiger partial charge in [0.25, 0.3) is 0 Å². The third kappa shape index (κ3) is 1.96. The van der Waals surface area contributed by atoms with Gasteiger partial charge in [-0.05, 0) is 30.5 Å². The smallest absolute Gasteiger partial charge is 0.157 e. The summed E-state index contributed by atoms with van der Waals surface area (Å²) in [5, 5.41) is 5.35. The van der Waals surface area contributed by atoms with Crippen molar-refractivity contribution in [1.29, 1.82) is 0 Å². The van der Waals surface area contributed by atoms with Gasteiger partial charge in [0.2, 0.25) is 0 Å². The van der Waals surface area contributed by atoms with Crippen molar-refractivity contribution in [1.82, 2.24) is 19.6 Å². The molecule has 1 unspecified atom stereocenters. The zero-order chi connectivity index (χ0) is 13.7. The van der Waals surface area contributed by atoms with Gasteiger partial charge in [0.05, 0.1) is 5.02 Å². The molecule has 3 aromatic heterocycles. The van der Waals surface area contributed by atoms with Crippen LogP contribution in [0, 0.1) is 0 Å². The van der Waals surface area contributed by atoms with Gasteiger partial charge in [-0.25, -0.2) is 9.50 Å². The quantitative estimate of drug-likeness (QED) is 0.725. The lowest BCUT2D eigenvalue weighted by atomic mass is 10.1. The number of rotatable bonds is 2. The van der Waals surface area contributed by atoms with Crippen LogP contribution in [0.5, 0.6) is 0 Å². The van der Waals surface area contributed by atoms with Gasteiger partial charge in [0.15, 0.2) is 5.65 Å². The lowest BCUT2D eigenvalue weighted by Gasteiger charge is -2.04. The molecule has 100 valence electrons. The molecule has 0 radical (unpaired) electrons. The van der Waals surface area contributed by atoms with Crippen molar-refractivity contribution in [2.24, 2.45) is 0 Å². The van der Waals surface area contributed by atoms with E-state index in [0.717, 1.165) is 23.3 Å². The molecule has 0 saturated heterocycles. The summed E-state index contributed by atoms with van der Waals surface area (Å²) in [6.07, 6.45) is 6.29. The minimum Gasteiger partial charge on any atom is -0.259 e. The van der Waals surface area contributed by atoms with Crippen LogP contribution in [0.2, 0.25) is 10.2 Å². The molecule has 1 fully saturated rings. The lowest BCUT2D eigenvalue weighted by Crippen LogP contribution is -1.97. The Kier molecular flexibility index (Phi) is 2.69. The molecule has 1 aliphatic carbocycles. The van der Waals surface area contributed by atoms with E-state index in [-0.39, 0.29) is 0 Å². The van der Waals surface area contributed by atoms with Gasteiger partial charge < -0.3 is 0 Å². The highest BCUT2D eigenvalue weighted by atomic mass is 35.5. The fourth-order valence-corrected chi connectivity index (χ4v) is 2.96. The first kappa shape index (κ1) is 12.1. The molecule has 3 aromatic rings. The Hall–Kier alpha value is -1.65. The number of imidazole rings is 1. The van der Waals surface area contributed by atoms with Gasteiger partial charge in [0, 0.05) is 35.8 Å². The molecule has 1 saturated carbocycles. The van der Waals surface area contributed by atoms with E-state index < -0.39 is 0 Å². The van der Waals surface area contributed by atoms with Crippen LogP contribution in [0.3, 0.4) is 0 Å². The molecular weight excluding hydrogens is 295 g/mol. The summed E-state index contributed by atoms with van der Waals surface area (Å²) < 4.78 is 1.72. The molecule has 6 heteroatoms. The fourth-order valence-electron chi connectivity index (χ4n) is 2.65. The van der Waals surface area contributed by atoms with E-state index >= 15 is 0 Å². The molecule has 4 rings (SSSR count). The van der Waals surface area contributed by atoms with E-state index in [4.69, 9.17) is 23.2 Å². The number of hydrogen-bond donors (Lipinski definition) is 0. The molecular formula is C14H10Cl2N4. The van der Waals surface area contributed by atoms with Crippen molar-refractivity contribution < 1.29 is 0 Å². The average Bonchev–Trinajstić information content (AvgIpc) is 3.09. The van der Waals surface area contributed by atoms with Gasteiger partial charge in [-0.15, -0.1) is 0 Å². The number of pyridine rings is 1.